The molecular formula is C13H24N4O2S. The van der Waals surface area contributed by atoms with Crippen molar-refractivity contribution in [1.82, 2.24) is 19.8 Å². The predicted octanol–water partition coefficient (Wildman–Crippen LogP) is 0.723. The molecule has 0 aromatic carbocycles. The lowest BCUT2D eigenvalue weighted by molar-refractivity contribution is 0.391. The summed E-state index contributed by atoms with van der Waals surface area (Å²) in [5, 5.41) is 7.45. The molecule has 1 aliphatic heterocycles. The molecule has 1 fully saturated rings. The predicted molar refractivity (Wildman–Crippen MR) is 78.9 cm³/mol. The molecular weight excluding hydrogens is 276 g/mol. The summed E-state index contributed by atoms with van der Waals surface area (Å²) in [6, 6.07) is 2.02. The van der Waals surface area contributed by atoms with Crippen LogP contribution in [0.4, 0.5) is 0 Å². The second-order valence-corrected chi connectivity index (χ2v) is 7.37. The van der Waals surface area contributed by atoms with E-state index in [9.17, 15) is 8.42 Å². The van der Waals surface area contributed by atoms with Gasteiger partial charge in [-0.3, -0.25) is 4.68 Å². The minimum absolute atomic E-state index is 0.154. The molecule has 2 N–H and O–H groups in total. The minimum atomic E-state index is -3.21. The van der Waals surface area contributed by atoms with E-state index < -0.39 is 10.0 Å². The van der Waals surface area contributed by atoms with Gasteiger partial charge in [0.25, 0.3) is 0 Å². The summed E-state index contributed by atoms with van der Waals surface area (Å²) in [6.45, 7) is 3.42. The Balaban J connectivity index is 1.74. The van der Waals surface area contributed by atoms with E-state index >= 15 is 0 Å². The number of hydrogen-bond acceptors (Lipinski definition) is 4. The molecule has 2 unspecified atom stereocenters. The van der Waals surface area contributed by atoms with Crippen molar-refractivity contribution in [3.05, 3.63) is 18.5 Å². The maximum Gasteiger partial charge on any atom is 0.211 e. The first kappa shape index (κ1) is 15.5. The van der Waals surface area contributed by atoms with Gasteiger partial charge in [-0.1, -0.05) is 6.42 Å². The maximum absolute atomic E-state index is 12.0. The number of sulfonamides is 1. The molecule has 2 atom stereocenters. The van der Waals surface area contributed by atoms with Gasteiger partial charge < -0.3 is 5.32 Å². The molecule has 6 nitrogen and oxygen atoms in total. The average Bonchev–Trinajstić information content (AvgIpc) is 2.90. The molecule has 7 heteroatoms. The molecule has 20 heavy (non-hydrogen) atoms. The van der Waals surface area contributed by atoms with Crippen LogP contribution < -0.4 is 10.0 Å². The molecule has 114 valence electrons. The second kappa shape index (κ2) is 7.19. The average molecular weight is 300 g/mol. The van der Waals surface area contributed by atoms with E-state index in [1.165, 1.54) is 12.8 Å². The van der Waals surface area contributed by atoms with Crippen molar-refractivity contribution in [3.8, 4) is 0 Å². The molecule has 2 heterocycles. The third kappa shape index (κ3) is 5.22. The first-order valence-corrected chi connectivity index (χ1v) is 8.91. The van der Waals surface area contributed by atoms with Gasteiger partial charge in [0, 0.05) is 24.5 Å². The summed E-state index contributed by atoms with van der Waals surface area (Å²) in [4.78, 5) is 0. The van der Waals surface area contributed by atoms with Crippen molar-refractivity contribution in [2.75, 3.05) is 12.3 Å². The van der Waals surface area contributed by atoms with Crippen LogP contribution in [0.25, 0.3) is 0 Å². The molecule has 0 amide bonds. The van der Waals surface area contributed by atoms with E-state index in [0.717, 1.165) is 13.0 Å². The largest absolute Gasteiger partial charge is 0.314 e. The zero-order valence-corrected chi connectivity index (χ0v) is 12.8. The Labute approximate surface area is 121 Å². The summed E-state index contributed by atoms with van der Waals surface area (Å²) >= 11 is 0. The minimum Gasteiger partial charge on any atom is -0.314 e. The highest BCUT2D eigenvalue weighted by Crippen LogP contribution is 2.11. The van der Waals surface area contributed by atoms with Gasteiger partial charge in [-0.15, -0.1) is 0 Å². The van der Waals surface area contributed by atoms with Crippen LogP contribution in [0, 0.1) is 0 Å². The van der Waals surface area contributed by atoms with Crippen molar-refractivity contribution in [3.63, 3.8) is 0 Å². The fourth-order valence-corrected chi connectivity index (χ4v) is 3.96. The van der Waals surface area contributed by atoms with Crippen LogP contribution in [-0.4, -0.2) is 42.6 Å². The van der Waals surface area contributed by atoms with Crippen LogP contribution in [0.2, 0.25) is 0 Å². The van der Waals surface area contributed by atoms with Gasteiger partial charge in [0.05, 0.1) is 12.3 Å². The maximum atomic E-state index is 12.0. The fourth-order valence-electron chi connectivity index (χ4n) is 2.56. The molecule has 2 rings (SSSR count). The van der Waals surface area contributed by atoms with Crippen LogP contribution in [0.15, 0.2) is 18.5 Å². The summed E-state index contributed by atoms with van der Waals surface area (Å²) in [5.74, 6) is 0.189. The zero-order chi connectivity index (χ0) is 14.4. The number of aromatic nitrogens is 2. The van der Waals surface area contributed by atoms with Crippen LogP contribution in [-0.2, 0) is 16.6 Å². The van der Waals surface area contributed by atoms with Crippen LogP contribution in [0.1, 0.15) is 32.6 Å². The molecule has 1 aromatic heterocycles. The third-order valence-corrected chi connectivity index (χ3v) is 5.08. The molecule has 0 radical (unpaired) electrons. The highest BCUT2D eigenvalue weighted by molar-refractivity contribution is 7.89. The van der Waals surface area contributed by atoms with E-state index in [4.69, 9.17) is 0 Å². The number of nitrogens with zero attached hydrogens (tertiary/aromatic N) is 2. The van der Waals surface area contributed by atoms with Crippen molar-refractivity contribution in [2.45, 2.75) is 51.2 Å². The Bertz CT molecular complexity index is 480. The van der Waals surface area contributed by atoms with E-state index in [-0.39, 0.29) is 11.8 Å². The quantitative estimate of drug-likeness (QED) is 0.778. The van der Waals surface area contributed by atoms with Crippen LogP contribution in [0.3, 0.4) is 0 Å². The Kier molecular flexibility index (Phi) is 5.56. The number of piperidine rings is 1. The SMILES string of the molecule is CC(Cn1cccn1)NS(=O)(=O)CCC1CCCCN1. The summed E-state index contributed by atoms with van der Waals surface area (Å²) in [6.07, 6.45) is 7.68. The van der Waals surface area contributed by atoms with Crippen molar-refractivity contribution in [2.24, 2.45) is 0 Å². The van der Waals surface area contributed by atoms with E-state index in [2.05, 4.69) is 15.1 Å². The Morgan fingerprint density at radius 1 is 1.50 bits per heavy atom. The third-order valence-electron chi connectivity index (χ3n) is 3.55. The Morgan fingerprint density at radius 3 is 3.00 bits per heavy atom. The normalized spacial score (nSPS) is 21.8. The van der Waals surface area contributed by atoms with Gasteiger partial charge in [-0.2, -0.15) is 5.10 Å². The fraction of sp³-hybridized carbons (Fsp3) is 0.769. The lowest BCUT2D eigenvalue weighted by Gasteiger charge is -2.23. The zero-order valence-electron chi connectivity index (χ0n) is 12.0. The molecule has 0 bridgehead atoms. The highest BCUT2D eigenvalue weighted by atomic mass is 32.2. The highest BCUT2D eigenvalue weighted by Gasteiger charge is 2.19. The van der Waals surface area contributed by atoms with Crippen LogP contribution in [0.5, 0.6) is 0 Å². The van der Waals surface area contributed by atoms with E-state index in [1.807, 2.05) is 19.2 Å². The number of rotatable bonds is 7. The van der Waals surface area contributed by atoms with Crippen molar-refractivity contribution >= 4 is 10.0 Å². The van der Waals surface area contributed by atoms with Crippen LogP contribution >= 0.6 is 0 Å². The van der Waals surface area contributed by atoms with E-state index in [1.54, 1.807) is 10.9 Å². The molecule has 0 aliphatic carbocycles. The van der Waals surface area contributed by atoms with Crippen molar-refractivity contribution < 1.29 is 8.42 Å². The standard InChI is InChI=1S/C13H24N4O2S/c1-12(11-17-9-4-8-15-17)16-20(18,19)10-6-13-5-2-3-7-14-13/h4,8-9,12-14,16H,2-3,5-7,10-11H2,1H3. The number of hydrogen-bond donors (Lipinski definition) is 2. The lowest BCUT2D eigenvalue weighted by atomic mass is 10.0. The summed E-state index contributed by atoms with van der Waals surface area (Å²) < 4.78 is 28.5. The molecule has 0 saturated carbocycles. The van der Waals surface area contributed by atoms with Gasteiger partial charge >= 0.3 is 0 Å². The van der Waals surface area contributed by atoms with Crippen molar-refractivity contribution in [1.29, 1.82) is 0 Å². The Hall–Kier alpha value is -0.920. The first-order valence-electron chi connectivity index (χ1n) is 7.26. The monoisotopic (exact) mass is 300 g/mol. The Morgan fingerprint density at radius 2 is 2.35 bits per heavy atom. The smallest absolute Gasteiger partial charge is 0.211 e. The number of nitrogens with one attached hydrogen (secondary N) is 2. The second-order valence-electron chi connectivity index (χ2n) is 5.50. The summed E-state index contributed by atoms with van der Waals surface area (Å²) in [5.41, 5.74) is 0. The summed E-state index contributed by atoms with van der Waals surface area (Å²) in [7, 11) is -3.21. The first-order chi connectivity index (χ1) is 9.55. The van der Waals surface area contributed by atoms with Gasteiger partial charge in [-0.25, -0.2) is 13.1 Å². The van der Waals surface area contributed by atoms with Gasteiger partial charge in [0.15, 0.2) is 0 Å². The topological polar surface area (TPSA) is 76.0 Å². The molecule has 1 saturated heterocycles. The van der Waals surface area contributed by atoms with Gasteiger partial charge in [0.1, 0.15) is 0 Å². The molecule has 1 aliphatic rings. The van der Waals surface area contributed by atoms with Gasteiger partial charge in [-0.05, 0) is 38.8 Å². The molecule has 1 aromatic rings. The molecule has 0 spiro atoms. The van der Waals surface area contributed by atoms with E-state index in [0.29, 0.717) is 19.0 Å². The lowest BCUT2D eigenvalue weighted by Crippen LogP contribution is -2.40. The van der Waals surface area contributed by atoms with Gasteiger partial charge in [0.2, 0.25) is 10.0 Å².